The van der Waals surface area contributed by atoms with Crippen molar-refractivity contribution in [3.63, 3.8) is 0 Å². The second-order valence-electron chi connectivity index (χ2n) is 5.43. The van der Waals surface area contributed by atoms with Gasteiger partial charge in [0, 0.05) is 12.4 Å². The lowest BCUT2D eigenvalue weighted by Crippen LogP contribution is -2.18. The molecule has 0 fully saturated rings. The number of anilines is 2. The molecule has 1 aromatic carbocycles. The van der Waals surface area contributed by atoms with Crippen molar-refractivity contribution in [3.05, 3.63) is 90.3 Å². The van der Waals surface area contributed by atoms with Crippen LogP contribution < -0.4 is 4.90 Å². The van der Waals surface area contributed by atoms with E-state index in [1.165, 1.54) is 5.57 Å². The Bertz CT molecular complexity index is 737. The van der Waals surface area contributed by atoms with Gasteiger partial charge in [0.05, 0.1) is 5.70 Å². The van der Waals surface area contributed by atoms with Crippen molar-refractivity contribution < 1.29 is 0 Å². The predicted octanol–water partition coefficient (Wildman–Crippen LogP) is 5.07. The molecule has 0 saturated heterocycles. The van der Waals surface area contributed by atoms with Crippen LogP contribution in [0.4, 0.5) is 11.6 Å². The third-order valence-corrected chi connectivity index (χ3v) is 3.50. The molecule has 0 spiro atoms. The van der Waals surface area contributed by atoms with Gasteiger partial charge in [0.2, 0.25) is 0 Å². The first kappa shape index (κ1) is 15.0. The zero-order valence-corrected chi connectivity index (χ0v) is 13.3. The molecule has 3 rings (SSSR count). The molecule has 23 heavy (non-hydrogen) atoms. The number of hydrogen-bond donors (Lipinski definition) is 0. The summed E-state index contributed by atoms with van der Waals surface area (Å²) in [5.41, 5.74) is 3.44. The summed E-state index contributed by atoms with van der Waals surface area (Å²) in [6.45, 7) is 4.22. The molecule has 2 aromatic heterocycles. The largest absolute Gasteiger partial charge is 0.278 e. The van der Waals surface area contributed by atoms with Gasteiger partial charge in [-0.15, -0.1) is 0 Å². The Hall–Kier alpha value is -2.94. The Labute approximate surface area is 137 Å². The molecule has 3 aromatic rings. The SMILES string of the molecule is CC(C)=C(c1ccccc1)N(c1ccccn1)c1ccccn1. The Kier molecular flexibility index (Phi) is 4.48. The van der Waals surface area contributed by atoms with Crippen molar-refractivity contribution in [2.75, 3.05) is 4.90 Å². The summed E-state index contributed by atoms with van der Waals surface area (Å²) in [6, 6.07) is 22.2. The molecular formula is C20H19N3. The number of aromatic nitrogens is 2. The van der Waals surface area contributed by atoms with E-state index in [4.69, 9.17) is 0 Å². The van der Waals surface area contributed by atoms with Gasteiger partial charge < -0.3 is 0 Å². The molecule has 0 unspecified atom stereocenters. The fourth-order valence-corrected chi connectivity index (χ4v) is 2.56. The van der Waals surface area contributed by atoms with E-state index in [1.807, 2.05) is 54.6 Å². The standard InChI is InChI=1S/C20H19N3/c1-16(2)20(17-10-4-3-5-11-17)23(18-12-6-8-14-21-18)19-13-7-9-15-22-19/h3-15H,1-2H3. The number of rotatable bonds is 4. The van der Waals surface area contributed by atoms with Crippen molar-refractivity contribution in [2.24, 2.45) is 0 Å². The molecule has 114 valence electrons. The van der Waals surface area contributed by atoms with E-state index in [2.05, 4.69) is 40.8 Å². The van der Waals surface area contributed by atoms with Crippen LogP contribution in [0, 0.1) is 0 Å². The third-order valence-electron chi connectivity index (χ3n) is 3.50. The van der Waals surface area contributed by atoms with Crippen LogP contribution in [-0.4, -0.2) is 9.97 Å². The van der Waals surface area contributed by atoms with Gasteiger partial charge in [-0.25, -0.2) is 9.97 Å². The van der Waals surface area contributed by atoms with E-state index in [0.717, 1.165) is 22.9 Å². The second-order valence-corrected chi connectivity index (χ2v) is 5.43. The molecule has 0 amide bonds. The van der Waals surface area contributed by atoms with Crippen LogP contribution in [0.3, 0.4) is 0 Å². The van der Waals surface area contributed by atoms with Crippen molar-refractivity contribution >= 4 is 17.3 Å². The van der Waals surface area contributed by atoms with Crippen molar-refractivity contribution in [3.8, 4) is 0 Å². The predicted molar refractivity (Wildman–Crippen MR) is 95.3 cm³/mol. The molecule has 3 heteroatoms. The van der Waals surface area contributed by atoms with E-state index in [0.29, 0.717) is 0 Å². The lowest BCUT2D eigenvalue weighted by atomic mass is 10.1. The van der Waals surface area contributed by atoms with Crippen LogP contribution in [-0.2, 0) is 0 Å². The maximum Gasteiger partial charge on any atom is 0.138 e. The second kappa shape index (κ2) is 6.88. The van der Waals surface area contributed by atoms with Crippen molar-refractivity contribution in [1.29, 1.82) is 0 Å². The Morgan fingerprint density at radius 3 is 1.65 bits per heavy atom. The van der Waals surface area contributed by atoms with Crippen LogP contribution in [0.5, 0.6) is 0 Å². The fourth-order valence-electron chi connectivity index (χ4n) is 2.56. The average molecular weight is 301 g/mol. The maximum atomic E-state index is 4.54. The summed E-state index contributed by atoms with van der Waals surface area (Å²) in [6.07, 6.45) is 3.61. The average Bonchev–Trinajstić information content (AvgIpc) is 2.61. The molecule has 0 atom stereocenters. The normalized spacial score (nSPS) is 10.2. The van der Waals surface area contributed by atoms with Gasteiger partial charge >= 0.3 is 0 Å². The zero-order chi connectivity index (χ0) is 16.1. The minimum atomic E-state index is 0.853. The summed E-state index contributed by atoms with van der Waals surface area (Å²) in [7, 11) is 0. The zero-order valence-electron chi connectivity index (χ0n) is 13.3. The Morgan fingerprint density at radius 2 is 1.22 bits per heavy atom. The van der Waals surface area contributed by atoms with Gasteiger partial charge in [0.15, 0.2) is 0 Å². The Morgan fingerprint density at radius 1 is 0.696 bits per heavy atom. The molecule has 2 heterocycles. The molecule has 0 N–H and O–H groups in total. The van der Waals surface area contributed by atoms with Crippen LogP contribution >= 0.6 is 0 Å². The lowest BCUT2D eigenvalue weighted by Gasteiger charge is -2.27. The van der Waals surface area contributed by atoms with Gasteiger partial charge in [0.25, 0.3) is 0 Å². The molecule has 0 saturated carbocycles. The maximum absolute atomic E-state index is 4.54. The smallest absolute Gasteiger partial charge is 0.138 e. The van der Waals surface area contributed by atoms with E-state index in [-0.39, 0.29) is 0 Å². The number of nitrogens with zero attached hydrogens (tertiary/aromatic N) is 3. The van der Waals surface area contributed by atoms with E-state index < -0.39 is 0 Å². The van der Waals surface area contributed by atoms with Gasteiger partial charge in [-0.3, -0.25) is 4.90 Å². The fraction of sp³-hybridized carbons (Fsp3) is 0.100. The van der Waals surface area contributed by atoms with E-state index in [9.17, 15) is 0 Å². The number of pyridine rings is 2. The molecule has 0 bridgehead atoms. The minimum absolute atomic E-state index is 0.853. The van der Waals surface area contributed by atoms with Crippen LogP contribution in [0.25, 0.3) is 5.70 Å². The van der Waals surface area contributed by atoms with Gasteiger partial charge in [0.1, 0.15) is 11.6 Å². The summed E-state index contributed by atoms with van der Waals surface area (Å²) >= 11 is 0. The van der Waals surface area contributed by atoms with Gasteiger partial charge in [-0.05, 0) is 43.7 Å². The summed E-state index contributed by atoms with van der Waals surface area (Å²) in [4.78, 5) is 11.2. The summed E-state index contributed by atoms with van der Waals surface area (Å²) < 4.78 is 0. The lowest BCUT2D eigenvalue weighted by molar-refractivity contribution is 1.12. The molecule has 0 aliphatic rings. The third kappa shape index (κ3) is 3.29. The molecule has 3 nitrogen and oxygen atoms in total. The highest BCUT2D eigenvalue weighted by Crippen LogP contribution is 2.33. The van der Waals surface area contributed by atoms with Crippen molar-refractivity contribution in [1.82, 2.24) is 9.97 Å². The minimum Gasteiger partial charge on any atom is -0.278 e. The van der Waals surface area contributed by atoms with Gasteiger partial charge in [-0.1, -0.05) is 48.0 Å². The van der Waals surface area contributed by atoms with Crippen molar-refractivity contribution in [2.45, 2.75) is 13.8 Å². The van der Waals surface area contributed by atoms with E-state index in [1.54, 1.807) is 12.4 Å². The molecule has 0 aliphatic carbocycles. The molecule has 0 aliphatic heterocycles. The van der Waals surface area contributed by atoms with Crippen LogP contribution in [0.15, 0.2) is 84.7 Å². The Balaban J connectivity index is 2.20. The van der Waals surface area contributed by atoms with Crippen LogP contribution in [0.1, 0.15) is 19.4 Å². The number of hydrogen-bond acceptors (Lipinski definition) is 3. The first-order valence-corrected chi connectivity index (χ1v) is 7.62. The molecule has 0 radical (unpaired) electrons. The quantitative estimate of drug-likeness (QED) is 0.674. The topological polar surface area (TPSA) is 29.0 Å². The summed E-state index contributed by atoms with van der Waals surface area (Å²) in [5.74, 6) is 1.71. The first-order chi connectivity index (χ1) is 11.3. The van der Waals surface area contributed by atoms with Crippen LogP contribution in [0.2, 0.25) is 0 Å². The number of allylic oxidation sites excluding steroid dienone is 1. The monoisotopic (exact) mass is 301 g/mol. The van der Waals surface area contributed by atoms with E-state index >= 15 is 0 Å². The highest BCUT2D eigenvalue weighted by Gasteiger charge is 2.19. The highest BCUT2D eigenvalue weighted by atomic mass is 15.2. The number of benzene rings is 1. The summed E-state index contributed by atoms with van der Waals surface area (Å²) in [5, 5.41) is 0. The van der Waals surface area contributed by atoms with Gasteiger partial charge in [-0.2, -0.15) is 0 Å². The first-order valence-electron chi connectivity index (χ1n) is 7.62. The highest BCUT2D eigenvalue weighted by molar-refractivity contribution is 5.86. The molecular weight excluding hydrogens is 282 g/mol.